The molecule has 1 aromatic carbocycles. The fraction of sp³-hybridized carbons (Fsp3) is 0.500. The van der Waals surface area contributed by atoms with Crippen LogP contribution in [0.1, 0.15) is 56.0 Å². The van der Waals surface area contributed by atoms with Gasteiger partial charge in [0.05, 0.1) is 5.92 Å². The predicted molar refractivity (Wildman–Crippen MR) is 88.6 cm³/mol. The summed E-state index contributed by atoms with van der Waals surface area (Å²) in [6, 6.07) is 6.15. The third kappa shape index (κ3) is 3.00. The molecule has 0 aliphatic carbocycles. The third-order valence-corrected chi connectivity index (χ3v) is 4.23. The second-order valence-corrected chi connectivity index (χ2v) is 7.40. The Morgan fingerprint density at radius 3 is 2.61 bits per heavy atom. The summed E-state index contributed by atoms with van der Waals surface area (Å²) in [7, 11) is 0. The molecule has 23 heavy (non-hydrogen) atoms. The summed E-state index contributed by atoms with van der Waals surface area (Å²) in [5, 5.41) is 4.07. The molecule has 2 aromatic rings. The number of aromatic nitrogens is 2. The van der Waals surface area contributed by atoms with E-state index in [1.54, 1.807) is 0 Å². The maximum Gasteiger partial charge on any atom is 0.232 e. The first kappa shape index (κ1) is 15.7. The van der Waals surface area contributed by atoms with Gasteiger partial charge in [0.15, 0.2) is 5.82 Å². The van der Waals surface area contributed by atoms with Crippen LogP contribution in [0.4, 0.5) is 5.69 Å². The number of rotatable bonds is 2. The Kier molecular flexibility index (Phi) is 3.74. The van der Waals surface area contributed by atoms with Crippen LogP contribution in [0.3, 0.4) is 0 Å². The van der Waals surface area contributed by atoms with Gasteiger partial charge in [0, 0.05) is 24.1 Å². The Morgan fingerprint density at radius 1 is 1.26 bits per heavy atom. The fourth-order valence-corrected chi connectivity index (χ4v) is 2.92. The van der Waals surface area contributed by atoms with Gasteiger partial charge in [-0.15, -0.1) is 0 Å². The summed E-state index contributed by atoms with van der Waals surface area (Å²) < 4.78 is 5.42. The summed E-state index contributed by atoms with van der Waals surface area (Å²) in [5.74, 6) is 1.32. The van der Waals surface area contributed by atoms with E-state index in [0.29, 0.717) is 24.7 Å². The van der Waals surface area contributed by atoms with E-state index < -0.39 is 0 Å². The highest BCUT2D eigenvalue weighted by molar-refractivity contribution is 5.97. The van der Waals surface area contributed by atoms with Crippen molar-refractivity contribution < 1.29 is 9.32 Å². The van der Waals surface area contributed by atoms with Crippen LogP contribution in [0.15, 0.2) is 22.7 Å². The summed E-state index contributed by atoms with van der Waals surface area (Å²) >= 11 is 0. The van der Waals surface area contributed by atoms with E-state index in [1.165, 1.54) is 5.56 Å². The van der Waals surface area contributed by atoms with Gasteiger partial charge in [-0.25, -0.2) is 0 Å². The monoisotopic (exact) mass is 313 g/mol. The maximum absolute atomic E-state index is 12.4. The van der Waals surface area contributed by atoms with Crippen LogP contribution in [0.5, 0.6) is 0 Å². The minimum Gasteiger partial charge on any atom is -0.339 e. The van der Waals surface area contributed by atoms with E-state index in [9.17, 15) is 4.79 Å². The van der Waals surface area contributed by atoms with E-state index in [4.69, 9.17) is 4.52 Å². The number of carbonyl (C=O) groups is 1. The molecule has 1 aliphatic heterocycles. The second-order valence-electron chi connectivity index (χ2n) is 7.40. The van der Waals surface area contributed by atoms with Crippen molar-refractivity contribution in [3.05, 3.63) is 41.0 Å². The molecular weight excluding hydrogens is 290 g/mol. The fourth-order valence-electron chi connectivity index (χ4n) is 2.92. The Morgan fingerprint density at radius 2 is 2.00 bits per heavy atom. The van der Waals surface area contributed by atoms with Gasteiger partial charge in [0.25, 0.3) is 0 Å². The van der Waals surface area contributed by atoms with Crippen molar-refractivity contribution in [1.29, 1.82) is 0 Å². The molecule has 0 spiro atoms. The van der Waals surface area contributed by atoms with Crippen LogP contribution in [-0.4, -0.2) is 22.6 Å². The zero-order valence-corrected chi connectivity index (χ0v) is 14.4. The first-order valence-corrected chi connectivity index (χ1v) is 7.97. The van der Waals surface area contributed by atoms with Crippen LogP contribution >= 0.6 is 0 Å². The predicted octanol–water partition coefficient (Wildman–Crippen LogP) is 3.50. The number of aryl methyl sites for hydroxylation is 2. The van der Waals surface area contributed by atoms with E-state index in [1.807, 2.05) is 44.7 Å². The molecule has 0 saturated carbocycles. The van der Waals surface area contributed by atoms with Crippen LogP contribution in [-0.2, 0) is 10.2 Å². The number of carbonyl (C=O) groups excluding carboxylic acids is 1. The van der Waals surface area contributed by atoms with Crippen LogP contribution < -0.4 is 4.90 Å². The molecule has 3 rings (SSSR count). The quantitative estimate of drug-likeness (QED) is 0.851. The molecule has 1 fully saturated rings. The van der Waals surface area contributed by atoms with Crippen molar-refractivity contribution >= 4 is 11.6 Å². The molecule has 0 radical (unpaired) electrons. The lowest BCUT2D eigenvalue weighted by Gasteiger charge is -2.19. The summed E-state index contributed by atoms with van der Waals surface area (Å²) in [6.07, 6.45) is 0.416. The van der Waals surface area contributed by atoms with Crippen molar-refractivity contribution in [3.8, 4) is 0 Å². The van der Waals surface area contributed by atoms with Gasteiger partial charge in [-0.05, 0) is 25.5 Å². The van der Waals surface area contributed by atoms with Crippen molar-refractivity contribution in [2.24, 2.45) is 0 Å². The standard InChI is InChI=1S/C18H23N3O2/c1-11-6-7-14(12(2)8-11)21-10-13(9-15(21)22)16-19-17(20-23-16)18(3,4)5/h6-8,13H,9-10H2,1-5H3. The minimum absolute atomic E-state index is 0.0354. The van der Waals surface area contributed by atoms with Gasteiger partial charge in [-0.3, -0.25) is 4.79 Å². The molecule has 1 amide bonds. The van der Waals surface area contributed by atoms with E-state index in [0.717, 1.165) is 11.3 Å². The average molecular weight is 313 g/mol. The Hall–Kier alpha value is -2.17. The number of hydrogen-bond acceptors (Lipinski definition) is 4. The molecule has 5 heteroatoms. The molecule has 122 valence electrons. The lowest BCUT2D eigenvalue weighted by molar-refractivity contribution is -0.117. The molecule has 1 saturated heterocycles. The number of amides is 1. The van der Waals surface area contributed by atoms with Gasteiger partial charge in [-0.1, -0.05) is 43.6 Å². The van der Waals surface area contributed by atoms with Gasteiger partial charge in [-0.2, -0.15) is 4.98 Å². The Balaban J connectivity index is 1.84. The van der Waals surface area contributed by atoms with Crippen molar-refractivity contribution in [3.63, 3.8) is 0 Å². The van der Waals surface area contributed by atoms with Crippen LogP contribution in [0, 0.1) is 13.8 Å². The van der Waals surface area contributed by atoms with Gasteiger partial charge in [0.1, 0.15) is 0 Å². The smallest absolute Gasteiger partial charge is 0.232 e. The number of benzene rings is 1. The zero-order valence-electron chi connectivity index (χ0n) is 14.4. The first-order chi connectivity index (χ1) is 10.8. The third-order valence-electron chi connectivity index (χ3n) is 4.23. The van der Waals surface area contributed by atoms with Crippen LogP contribution in [0.2, 0.25) is 0 Å². The zero-order chi connectivity index (χ0) is 16.8. The highest BCUT2D eigenvalue weighted by Gasteiger charge is 2.36. The Labute approximate surface area is 136 Å². The molecule has 0 bridgehead atoms. The van der Waals surface area contributed by atoms with Crippen molar-refractivity contribution in [1.82, 2.24) is 10.1 Å². The Bertz CT molecular complexity index is 743. The molecule has 1 atom stereocenters. The lowest BCUT2D eigenvalue weighted by atomic mass is 9.96. The summed E-state index contributed by atoms with van der Waals surface area (Å²) in [6.45, 7) is 10.8. The van der Waals surface area contributed by atoms with Crippen molar-refractivity contribution in [2.45, 2.75) is 52.4 Å². The van der Waals surface area contributed by atoms with Gasteiger partial charge >= 0.3 is 0 Å². The molecule has 2 heterocycles. The number of hydrogen-bond donors (Lipinski definition) is 0. The average Bonchev–Trinajstić information content (AvgIpc) is 3.05. The highest BCUT2D eigenvalue weighted by atomic mass is 16.5. The number of nitrogens with zero attached hydrogens (tertiary/aromatic N) is 3. The molecule has 1 aliphatic rings. The minimum atomic E-state index is -0.155. The molecule has 0 N–H and O–H groups in total. The topological polar surface area (TPSA) is 59.2 Å². The summed E-state index contributed by atoms with van der Waals surface area (Å²) in [4.78, 5) is 18.8. The second kappa shape index (κ2) is 5.48. The normalized spacial score (nSPS) is 18.7. The molecule has 1 unspecified atom stereocenters. The van der Waals surface area contributed by atoms with Crippen LogP contribution in [0.25, 0.3) is 0 Å². The largest absolute Gasteiger partial charge is 0.339 e. The lowest BCUT2D eigenvalue weighted by Crippen LogP contribution is -2.25. The van der Waals surface area contributed by atoms with E-state index >= 15 is 0 Å². The van der Waals surface area contributed by atoms with E-state index in [2.05, 4.69) is 23.1 Å². The molecular formula is C18H23N3O2. The van der Waals surface area contributed by atoms with E-state index in [-0.39, 0.29) is 17.2 Å². The highest BCUT2D eigenvalue weighted by Crippen LogP contribution is 2.33. The van der Waals surface area contributed by atoms with Gasteiger partial charge < -0.3 is 9.42 Å². The number of anilines is 1. The first-order valence-electron chi connectivity index (χ1n) is 7.97. The SMILES string of the molecule is Cc1ccc(N2CC(c3nc(C(C)(C)C)no3)CC2=O)c(C)c1. The molecule has 5 nitrogen and oxygen atoms in total. The van der Waals surface area contributed by atoms with Crippen molar-refractivity contribution in [2.75, 3.05) is 11.4 Å². The summed E-state index contributed by atoms with van der Waals surface area (Å²) in [5.41, 5.74) is 3.12. The van der Waals surface area contributed by atoms with Gasteiger partial charge in [0.2, 0.25) is 11.8 Å². The maximum atomic E-state index is 12.4. The molecule has 1 aromatic heterocycles.